The lowest BCUT2D eigenvalue weighted by Crippen LogP contribution is -2.60. The van der Waals surface area contributed by atoms with Crippen molar-refractivity contribution in [2.75, 3.05) is 26.7 Å². The highest BCUT2D eigenvalue weighted by Gasteiger charge is 2.54. The number of aromatic nitrogens is 1. The van der Waals surface area contributed by atoms with Crippen molar-refractivity contribution >= 4 is 5.91 Å². The summed E-state index contributed by atoms with van der Waals surface area (Å²) in [4.78, 5) is 22.5. The highest BCUT2D eigenvalue weighted by molar-refractivity contribution is 5.97. The Morgan fingerprint density at radius 2 is 1.85 bits per heavy atom. The predicted octanol–water partition coefficient (Wildman–Crippen LogP) is 2.79. The molecule has 27 heavy (non-hydrogen) atoms. The number of amides is 1. The van der Waals surface area contributed by atoms with Crippen LogP contribution in [0.4, 0.5) is 0 Å². The van der Waals surface area contributed by atoms with Crippen molar-refractivity contribution in [2.24, 2.45) is 5.92 Å². The Bertz CT molecular complexity index is 832. The van der Waals surface area contributed by atoms with E-state index in [1.54, 1.807) is 13.3 Å². The number of carbonyl (C=O) groups is 1. The Hall–Kier alpha value is -2.40. The average molecular weight is 363 g/mol. The van der Waals surface area contributed by atoms with Gasteiger partial charge in [0.15, 0.2) is 0 Å². The second kappa shape index (κ2) is 6.64. The van der Waals surface area contributed by atoms with Gasteiger partial charge in [-0.3, -0.25) is 9.69 Å². The minimum Gasteiger partial charge on any atom is -0.480 e. The number of rotatable bonds is 3. The molecule has 2 aromatic rings. The smallest absolute Gasteiger partial charge is 0.259 e. The molecule has 0 aliphatic carbocycles. The van der Waals surface area contributed by atoms with Crippen molar-refractivity contribution in [1.82, 2.24) is 14.8 Å². The van der Waals surface area contributed by atoms with Crippen LogP contribution >= 0.6 is 0 Å². The molecule has 140 valence electrons. The van der Waals surface area contributed by atoms with E-state index in [0.717, 1.165) is 19.6 Å². The molecule has 4 aliphatic rings. The fourth-order valence-electron chi connectivity index (χ4n) is 5.52. The molecule has 5 heterocycles. The number of carbonyl (C=O) groups excluding carboxylic acids is 1. The molecule has 0 saturated carbocycles. The van der Waals surface area contributed by atoms with E-state index >= 15 is 0 Å². The molecule has 6 rings (SSSR count). The average Bonchev–Trinajstić information content (AvgIpc) is 3.17. The Kier molecular flexibility index (Phi) is 4.12. The highest BCUT2D eigenvalue weighted by Crippen LogP contribution is 2.47. The molecule has 5 nitrogen and oxygen atoms in total. The molecule has 2 bridgehead atoms. The van der Waals surface area contributed by atoms with Crippen LogP contribution in [0, 0.1) is 5.92 Å². The maximum absolute atomic E-state index is 13.5. The van der Waals surface area contributed by atoms with E-state index in [-0.39, 0.29) is 11.9 Å². The van der Waals surface area contributed by atoms with Gasteiger partial charge in [0, 0.05) is 24.7 Å². The van der Waals surface area contributed by atoms with Crippen LogP contribution in [-0.4, -0.2) is 59.5 Å². The third kappa shape index (κ3) is 2.64. The van der Waals surface area contributed by atoms with Crippen LogP contribution in [0.2, 0.25) is 0 Å². The number of hydrogen-bond donors (Lipinski definition) is 0. The molecule has 0 N–H and O–H groups in total. The lowest BCUT2D eigenvalue weighted by atomic mass is 9.75. The van der Waals surface area contributed by atoms with Gasteiger partial charge in [-0.25, -0.2) is 4.98 Å². The second-order valence-electron chi connectivity index (χ2n) is 7.89. The molecule has 1 aromatic carbocycles. The molecule has 0 unspecified atom stereocenters. The van der Waals surface area contributed by atoms with Crippen molar-refractivity contribution in [3.63, 3.8) is 0 Å². The highest BCUT2D eigenvalue weighted by atomic mass is 16.5. The van der Waals surface area contributed by atoms with Crippen LogP contribution in [0.15, 0.2) is 48.7 Å². The van der Waals surface area contributed by atoms with E-state index in [2.05, 4.69) is 45.1 Å². The van der Waals surface area contributed by atoms with Crippen molar-refractivity contribution < 1.29 is 9.53 Å². The Morgan fingerprint density at radius 1 is 1.07 bits per heavy atom. The van der Waals surface area contributed by atoms with Crippen molar-refractivity contribution in [3.8, 4) is 5.88 Å². The van der Waals surface area contributed by atoms with Gasteiger partial charge < -0.3 is 9.64 Å². The van der Waals surface area contributed by atoms with Gasteiger partial charge >= 0.3 is 0 Å². The number of piperidine rings is 3. The summed E-state index contributed by atoms with van der Waals surface area (Å²) in [6, 6.07) is 15.1. The van der Waals surface area contributed by atoms with Crippen LogP contribution in [0.3, 0.4) is 0 Å². The van der Waals surface area contributed by atoms with E-state index in [1.165, 1.54) is 18.4 Å². The number of hydrogen-bond acceptors (Lipinski definition) is 4. The summed E-state index contributed by atoms with van der Waals surface area (Å²) in [6.45, 7) is 3.09. The van der Waals surface area contributed by atoms with Crippen molar-refractivity contribution in [1.29, 1.82) is 0 Å². The zero-order valence-corrected chi connectivity index (χ0v) is 15.6. The molecule has 1 amide bonds. The molecular weight excluding hydrogens is 338 g/mol. The van der Waals surface area contributed by atoms with E-state index in [4.69, 9.17) is 4.74 Å². The summed E-state index contributed by atoms with van der Waals surface area (Å²) in [7, 11) is 1.58. The lowest BCUT2D eigenvalue weighted by molar-refractivity contribution is -0.00350. The van der Waals surface area contributed by atoms with Gasteiger partial charge in [0.2, 0.25) is 5.88 Å². The quantitative estimate of drug-likeness (QED) is 0.841. The monoisotopic (exact) mass is 363 g/mol. The minimum absolute atomic E-state index is 0.0575. The number of benzene rings is 1. The molecule has 0 radical (unpaired) electrons. The Morgan fingerprint density at radius 3 is 2.59 bits per heavy atom. The maximum atomic E-state index is 13.5. The first-order valence-corrected chi connectivity index (χ1v) is 9.87. The van der Waals surface area contributed by atoms with Gasteiger partial charge in [-0.15, -0.1) is 0 Å². The molecular formula is C22H25N3O2. The first kappa shape index (κ1) is 16.8. The van der Waals surface area contributed by atoms with Crippen molar-refractivity contribution in [3.05, 3.63) is 59.8 Å². The van der Waals surface area contributed by atoms with Crippen LogP contribution in [0.5, 0.6) is 5.88 Å². The second-order valence-corrected chi connectivity index (χ2v) is 7.89. The Balaban J connectivity index is 1.54. The van der Waals surface area contributed by atoms with E-state index in [1.807, 2.05) is 12.1 Å². The summed E-state index contributed by atoms with van der Waals surface area (Å²) in [5, 5.41) is 0. The predicted molar refractivity (Wildman–Crippen MR) is 103 cm³/mol. The zero-order chi connectivity index (χ0) is 18.4. The van der Waals surface area contributed by atoms with Gasteiger partial charge in [-0.2, -0.15) is 0 Å². The minimum atomic E-state index is 0.0575. The number of nitrogens with zero attached hydrogens (tertiary/aromatic N) is 3. The van der Waals surface area contributed by atoms with E-state index < -0.39 is 0 Å². The summed E-state index contributed by atoms with van der Waals surface area (Å²) in [5.74, 6) is 1.44. The normalized spacial score (nSPS) is 31.6. The third-order valence-electron chi connectivity index (χ3n) is 6.68. The maximum Gasteiger partial charge on any atom is 0.259 e. The topological polar surface area (TPSA) is 45.7 Å². The van der Waals surface area contributed by atoms with Crippen LogP contribution in [0.25, 0.3) is 0 Å². The number of fused-ring (bicyclic) bond motifs is 2. The number of ether oxygens (including phenoxy) is 1. The fourth-order valence-corrected chi connectivity index (χ4v) is 5.52. The third-order valence-corrected chi connectivity index (χ3v) is 6.68. The molecule has 3 atom stereocenters. The Labute approximate surface area is 159 Å². The van der Waals surface area contributed by atoms with E-state index in [0.29, 0.717) is 29.3 Å². The number of methoxy groups -OCH3 is 1. The van der Waals surface area contributed by atoms with Gasteiger partial charge in [0.05, 0.1) is 13.2 Å². The summed E-state index contributed by atoms with van der Waals surface area (Å²) in [5.41, 5.74) is 1.91. The van der Waals surface area contributed by atoms with Crippen molar-refractivity contribution in [2.45, 2.75) is 30.8 Å². The van der Waals surface area contributed by atoms with E-state index in [9.17, 15) is 4.79 Å². The molecule has 5 heteroatoms. The molecule has 1 aromatic heterocycles. The SMILES string of the molecule is COc1ncccc1C(=O)N1C[C@H](c2ccccc2)[C@H]2[C@@H]1C1CCN2CC1. The number of likely N-dealkylation sites (tertiary alicyclic amines) is 1. The van der Waals surface area contributed by atoms with Gasteiger partial charge in [-0.1, -0.05) is 30.3 Å². The first-order valence-electron chi connectivity index (χ1n) is 9.87. The first-order chi connectivity index (χ1) is 13.3. The van der Waals surface area contributed by atoms with Gasteiger partial charge in [0.25, 0.3) is 5.91 Å². The summed E-state index contributed by atoms with van der Waals surface area (Å²) < 4.78 is 5.37. The molecule has 4 fully saturated rings. The largest absolute Gasteiger partial charge is 0.480 e. The van der Waals surface area contributed by atoms with Gasteiger partial charge in [0.1, 0.15) is 5.56 Å². The zero-order valence-electron chi connectivity index (χ0n) is 15.6. The number of pyridine rings is 1. The van der Waals surface area contributed by atoms with Crippen LogP contribution in [0.1, 0.15) is 34.7 Å². The molecule has 4 aliphatic heterocycles. The van der Waals surface area contributed by atoms with Crippen LogP contribution < -0.4 is 4.74 Å². The standard InChI is InChI=1S/C22H25N3O2/c1-27-21-17(8-5-11-23-21)22(26)25-14-18(15-6-3-2-4-7-15)20-19(25)16-9-12-24(20)13-10-16/h2-8,11,16,18-20H,9-10,12-14H2,1H3/t18-,19+,20+/m1/s1. The molecule has 4 saturated heterocycles. The fraction of sp³-hybridized carbons (Fsp3) is 0.455. The lowest BCUT2D eigenvalue weighted by Gasteiger charge is -2.51. The molecule has 0 spiro atoms. The summed E-state index contributed by atoms with van der Waals surface area (Å²) >= 11 is 0. The summed E-state index contributed by atoms with van der Waals surface area (Å²) in [6.07, 6.45) is 4.05. The van der Waals surface area contributed by atoms with Gasteiger partial charge in [-0.05, 0) is 49.5 Å². The van der Waals surface area contributed by atoms with Crippen LogP contribution in [-0.2, 0) is 0 Å².